The molecule has 0 bridgehead atoms. The molecule has 0 unspecified atom stereocenters. The number of nitrogens with two attached hydrogens (primary N) is 1. The summed E-state index contributed by atoms with van der Waals surface area (Å²) in [6.45, 7) is 0.145. The van der Waals surface area contributed by atoms with Crippen LogP contribution < -0.4 is 21.0 Å². The molecule has 1 fully saturated rings. The smallest absolute Gasteiger partial charge is 0.534 e. The summed E-state index contributed by atoms with van der Waals surface area (Å²) in [6, 6.07) is 6.85. The molecule has 0 saturated carbocycles. The Hall–Kier alpha value is -4.96. The predicted octanol–water partition coefficient (Wildman–Crippen LogP) is -1.40. The Kier molecular flexibility index (Phi) is 8.54. The first-order chi connectivity index (χ1) is 19.5. The highest BCUT2D eigenvalue weighted by atomic mass is 16.5. The molecular formula is C25H26BN5O10. The minimum atomic E-state index is -1.65. The van der Waals surface area contributed by atoms with Crippen LogP contribution in [-0.2, 0) is 20.8 Å². The van der Waals surface area contributed by atoms with Gasteiger partial charge < -0.3 is 41.2 Å². The summed E-state index contributed by atoms with van der Waals surface area (Å²) in [6.07, 6.45) is -0.0158. The first kappa shape index (κ1) is 29.0. The zero-order valence-corrected chi connectivity index (χ0v) is 21.5. The molecular weight excluding hydrogens is 541 g/mol. The summed E-state index contributed by atoms with van der Waals surface area (Å²) in [5.74, 6) is -6.48. The SMILES string of the molecule is NCCN1CCN(C(=O)N[C@@H](C(=O)N[C@H]2Cc3cccc(C(=O)O)c3OB2O)c2ccc(C(=O)O)cc2)C(=O)C1=O. The lowest BCUT2D eigenvalue weighted by atomic mass is 9.72. The molecule has 2 aliphatic heterocycles. The first-order valence-electron chi connectivity index (χ1n) is 12.5. The number of carboxylic acids is 2. The normalized spacial score (nSPS) is 17.3. The Balaban J connectivity index is 1.56. The number of nitrogens with one attached hydrogen (secondary N) is 2. The number of urea groups is 1. The molecule has 4 rings (SSSR count). The van der Waals surface area contributed by atoms with Crippen molar-refractivity contribution >= 4 is 42.8 Å². The van der Waals surface area contributed by atoms with Crippen molar-refractivity contribution in [2.75, 3.05) is 26.2 Å². The third kappa shape index (κ3) is 6.12. The van der Waals surface area contributed by atoms with Crippen molar-refractivity contribution in [1.29, 1.82) is 0 Å². The third-order valence-electron chi connectivity index (χ3n) is 6.65. The summed E-state index contributed by atoms with van der Waals surface area (Å²) < 4.78 is 5.40. The van der Waals surface area contributed by atoms with Gasteiger partial charge in [-0.15, -0.1) is 0 Å². The number of piperazine rings is 1. The Bertz CT molecular complexity index is 1400. The van der Waals surface area contributed by atoms with Crippen LogP contribution in [0.25, 0.3) is 0 Å². The average Bonchev–Trinajstić information content (AvgIpc) is 2.94. The van der Waals surface area contributed by atoms with E-state index >= 15 is 0 Å². The number of para-hydroxylation sites is 1. The molecule has 2 atom stereocenters. The average molecular weight is 567 g/mol. The van der Waals surface area contributed by atoms with E-state index in [0.29, 0.717) is 10.5 Å². The van der Waals surface area contributed by atoms with E-state index in [1.54, 1.807) is 6.07 Å². The van der Waals surface area contributed by atoms with E-state index in [2.05, 4.69) is 10.6 Å². The van der Waals surface area contributed by atoms with E-state index in [4.69, 9.17) is 10.4 Å². The van der Waals surface area contributed by atoms with Crippen LogP contribution in [0, 0.1) is 0 Å². The van der Waals surface area contributed by atoms with E-state index in [-0.39, 0.29) is 55.0 Å². The summed E-state index contributed by atoms with van der Waals surface area (Å²) in [5.41, 5.74) is 5.75. The lowest BCUT2D eigenvalue weighted by Crippen LogP contribution is -2.60. The van der Waals surface area contributed by atoms with Gasteiger partial charge in [0.2, 0.25) is 5.91 Å². The van der Waals surface area contributed by atoms with E-state index in [0.717, 1.165) is 0 Å². The van der Waals surface area contributed by atoms with Gasteiger partial charge in [0.25, 0.3) is 0 Å². The minimum absolute atomic E-state index is 0.0158. The van der Waals surface area contributed by atoms with E-state index in [9.17, 15) is 44.0 Å². The van der Waals surface area contributed by atoms with Gasteiger partial charge in [-0.3, -0.25) is 19.3 Å². The lowest BCUT2D eigenvalue weighted by Gasteiger charge is -2.33. The van der Waals surface area contributed by atoms with Crippen molar-refractivity contribution in [2.24, 2.45) is 5.73 Å². The molecule has 2 aliphatic rings. The highest BCUT2D eigenvalue weighted by Gasteiger charge is 2.41. The standard InChI is InChI=1S/C25H26BN5O10/c27-8-9-30-10-11-31(22(34)21(30)33)25(39)29-18(13-4-6-14(7-5-13)23(35)36)20(32)28-17-12-15-2-1-3-16(24(37)38)19(15)41-26(17)40/h1-7,17-18,40H,8-12,27H2,(H,28,32)(H,29,39)(H,35,36)(H,37,38)/t17-,18+/m0/s1. The van der Waals surface area contributed by atoms with Gasteiger partial charge in [0.1, 0.15) is 11.8 Å². The number of hydrogen-bond acceptors (Lipinski definition) is 9. The topological polar surface area (TPSA) is 229 Å². The van der Waals surface area contributed by atoms with E-state index in [1.165, 1.54) is 41.3 Å². The molecule has 7 N–H and O–H groups in total. The number of carboxylic acid groups (broad SMARTS) is 2. The van der Waals surface area contributed by atoms with Crippen LogP contribution in [0.3, 0.4) is 0 Å². The Morgan fingerprint density at radius 3 is 2.37 bits per heavy atom. The molecule has 0 aromatic heterocycles. The van der Waals surface area contributed by atoms with Crippen molar-refractivity contribution < 1.29 is 48.7 Å². The maximum Gasteiger partial charge on any atom is 0.547 e. The number of carbonyl (C=O) groups is 6. The zero-order valence-electron chi connectivity index (χ0n) is 21.5. The van der Waals surface area contributed by atoms with Crippen LogP contribution >= 0.6 is 0 Å². The monoisotopic (exact) mass is 567 g/mol. The van der Waals surface area contributed by atoms with Crippen molar-refractivity contribution in [3.05, 3.63) is 64.7 Å². The van der Waals surface area contributed by atoms with Crippen molar-refractivity contribution in [2.45, 2.75) is 18.4 Å². The fourth-order valence-electron chi connectivity index (χ4n) is 4.54. The molecule has 15 nitrogen and oxygen atoms in total. The quantitative estimate of drug-likeness (QED) is 0.161. The largest absolute Gasteiger partial charge is 0.547 e. The van der Waals surface area contributed by atoms with Crippen molar-refractivity contribution in [3.63, 3.8) is 0 Å². The number of imide groups is 1. The molecule has 0 radical (unpaired) electrons. The van der Waals surface area contributed by atoms with Crippen molar-refractivity contribution in [1.82, 2.24) is 20.4 Å². The molecule has 214 valence electrons. The molecule has 41 heavy (non-hydrogen) atoms. The second-order valence-electron chi connectivity index (χ2n) is 9.27. The number of benzene rings is 2. The third-order valence-corrected chi connectivity index (χ3v) is 6.65. The zero-order chi connectivity index (χ0) is 29.8. The molecule has 0 aliphatic carbocycles. The van der Waals surface area contributed by atoms with Gasteiger partial charge >= 0.3 is 36.9 Å². The number of amides is 5. The molecule has 2 aromatic rings. The Labute approximate surface area is 233 Å². The van der Waals surface area contributed by atoms with Crippen LogP contribution in [0.5, 0.6) is 5.75 Å². The van der Waals surface area contributed by atoms with Gasteiger partial charge in [0, 0.05) is 26.2 Å². The van der Waals surface area contributed by atoms with Crippen LogP contribution in [-0.4, -0.2) is 100.0 Å². The summed E-state index contributed by atoms with van der Waals surface area (Å²) in [7, 11) is -1.65. The molecule has 1 saturated heterocycles. The second-order valence-corrected chi connectivity index (χ2v) is 9.27. The Morgan fingerprint density at radius 2 is 1.73 bits per heavy atom. The Morgan fingerprint density at radius 1 is 1.02 bits per heavy atom. The molecule has 5 amide bonds. The lowest BCUT2D eigenvalue weighted by molar-refractivity contribution is -0.153. The molecule has 0 spiro atoms. The highest BCUT2D eigenvalue weighted by molar-refractivity contribution is 6.47. The van der Waals surface area contributed by atoms with E-state index < -0.39 is 54.8 Å². The fourth-order valence-corrected chi connectivity index (χ4v) is 4.54. The predicted molar refractivity (Wildman–Crippen MR) is 140 cm³/mol. The van der Waals surface area contributed by atoms with Crippen LogP contribution in [0.15, 0.2) is 42.5 Å². The minimum Gasteiger partial charge on any atom is -0.534 e. The number of rotatable bonds is 8. The van der Waals surface area contributed by atoms with Gasteiger partial charge in [-0.2, -0.15) is 0 Å². The number of aromatic carboxylic acids is 2. The van der Waals surface area contributed by atoms with Gasteiger partial charge in [0.15, 0.2) is 0 Å². The molecule has 2 heterocycles. The summed E-state index contributed by atoms with van der Waals surface area (Å²) >= 11 is 0. The van der Waals surface area contributed by atoms with Crippen LogP contribution in [0.4, 0.5) is 4.79 Å². The molecule has 2 aromatic carbocycles. The van der Waals surface area contributed by atoms with Gasteiger partial charge in [-0.05, 0) is 35.7 Å². The second kappa shape index (κ2) is 12.1. The number of hydrogen-bond donors (Lipinski definition) is 6. The number of carbonyl (C=O) groups excluding carboxylic acids is 4. The van der Waals surface area contributed by atoms with E-state index in [1.807, 2.05) is 0 Å². The number of fused-ring (bicyclic) bond motifs is 1. The summed E-state index contributed by atoms with van der Waals surface area (Å²) in [5, 5.41) is 34.1. The first-order valence-corrected chi connectivity index (χ1v) is 12.5. The van der Waals surface area contributed by atoms with Gasteiger partial charge in [-0.25, -0.2) is 14.4 Å². The summed E-state index contributed by atoms with van der Waals surface area (Å²) in [4.78, 5) is 76.2. The highest BCUT2D eigenvalue weighted by Crippen LogP contribution is 2.30. The van der Waals surface area contributed by atoms with Gasteiger partial charge in [0.05, 0.1) is 17.1 Å². The van der Waals surface area contributed by atoms with Crippen LogP contribution in [0.1, 0.15) is 37.9 Å². The maximum absolute atomic E-state index is 13.5. The number of nitrogens with zero attached hydrogens (tertiary/aromatic N) is 2. The van der Waals surface area contributed by atoms with Gasteiger partial charge in [-0.1, -0.05) is 24.3 Å². The molecule has 16 heteroatoms. The van der Waals surface area contributed by atoms with Crippen molar-refractivity contribution in [3.8, 4) is 5.75 Å². The maximum atomic E-state index is 13.5. The fraction of sp³-hybridized carbons (Fsp3) is 0.280. The van der Waals surface area contributed by atoms with Crippen LogP contribution in [0.2, 0.25) is 0 Å².